The molecule has 0 saturated heterocycles. The van der Waals surface area contributed by atoms with Gasteiger partial charge in [0, 0.05) is 19.7 Å². The lowest BCUT2D eigenvalue weighted by molar-refractivity contribution is -0.124. The molecule has 0 aromatic heterocycles. The molecule has 0 heterocycles. The molecule has 0 unspecified atom stereocenters. The van der Waals surface area contributed by atoms with Crippen LogP contribution in [0.4, 0.5) is 0 Å². The van der Waals surface area contributed by atoms with E-state index in [1.165, 1.54) is 0 Å². The van der Waals surface area contributed by atoms with Gasteiger partial charge in [-0.15, -0.1) is 0 Å². The molecule has 1 amide bonds. The van der Waals surface area contributed by atoms with Gasteiger partial charge in [-0.2, -0.15) is 0 Å². The smallest absolute Gasteiger partial charge is 0.246 e. The maximum atomic E-state index is 12.1. The zero-order chi connectivity index (χ0) is 16.7. The van der Waals surface area contributed by atoms with Crippen LogP contribution in [0.3, 0.4) is 0 Å². The number of hydrogen-bond acceptors (Lipinski definition) is 3. The van der Waals surface area contributed by atoms with E-state index >= 15 is 0 Å². The zero-order valence-electron chi connectivity index (χ0n) is 13.4. The van der Waals surface area contributed by atoms with Gasteiger partial charge in [0.1, 0.15) is 11.5 Å². The fraction of sp³-hybridized carbons (Fsp3) is 0.211. The molecule has 0 atom stereocenters. The van der Waals surface area contributed by atoms with Crippen molar-refractivity contribution in [2.45, 2.75) is 6.42 Å². The molecular formula is C19H21NO3. The van der Waals surface area contributed by atoms with Crippen molar-refractivity contribution in [1.29, 1.82) is 0 Å². The highest BCUT2D eigenvalue weighted by Gasteiger charge is 2.05. The number of carbonyl (C=O) groups is 1. The first-order valence-corrected chi connectivity index (χ1v) is 7.43. The average molecular weight is 311 g/mol. The number of phenolic OH excluding ortho intramolecular Hbond substituents is 1. The monoisotopic (exact) mass is 311 g/mol. The number of aromatic hydroxyl groups is 1. The maximum absolute atomic E-state index is 12.1. The summed E-state index contributed by atoms with van der Waals surface area (Å²) in [6, 6.07) is 14.6. The molecule has 0 aliphatic rings. The number of rotatable bonds is 6. The highest BCUT2D eigenvalue weighted by atomic mass is 16.5. The Morgan fingerprint density at radius 2 is 1.78 bits per heavy atom. The van der Waals surface area contributed by atoms with Crippen LogP contribution in [0.25, 0.3) is 6.08 Å². The third kappa shape index (κ3) is 5.18. The molecule has 0 radical (unpaired) electrons. The van der Waals surface area contributed by atoms with Gasteiger partial charge in [-0.3, -0.25) is 4.79 Å². The van der Waals surface area contributed by atoms with Gasteiger partial charge in [0.05, 0.1) is 7.11 Å². The Morgan fingerprint density at radius 1 is 1.13 bits per heavy atom. The molecule has 2 rings (SSSR count). The van der Waals surface area contributed by atoms with Crippen LogP contribution in [0.15, 0.2) is 54.6 Å². The summed E-state index contributed by atoms with van der Waals surface area (Å²) >= 11 is 0. The molecule has 0 saturated carbocycles. The molecule has 2 aromatic rings. The number of amides is 1. The van der Waals surface area contributed by atoms with Crippen molar-refractivity contribution < 1.29 is 14.6 Å². The van der Waals surface area contributed by atoms with Crippen LogP contribution >= 0.6 is 0 Å². The first kappa shape index (κ1) is 16.6. The lowest BCUT2D eigenvalue weighted by atomic mass is 10.1. The van der Waals surface area contributed by atoms with Crippen LogP contribution in [0, 0.1) is 0 Å². The van der Waals surface area contributed by atoms with Crippen molar-refractivity contribution in [3.63, 3.8) is 0 Å². The molecule has 4 heteroatoms. The Kier molecular flexibility index (Phi) is 5.80. The number of hydrogen-bond donors (Lipinski definition) is 1. The summed E-state index contributed by atoms with van der Waals surface area (Å²) in [5.74, 6) is 0.992. The van der Waals surface area contributed by atoms with E-state index in [0.29, 0.717) is 6.54 Å². The average Bonchev–Trinajstić information content (AvgIpc) is 2.59. The maximum Gasteiger partial charge on any atom is 0.246 e. The van der Waals surface area contributed by atoms with E-state index < -0.39 is 0 Å². The van der Waals surface area contributed by atoms with E-state index in [0.717, 1.165) is 23.3 Å². The second-order valence-corrected chi connectivity index (χ2v) is 5.28. The first-order valence-electron chi connectivity index (χ1n) is 7.43. The lowest BCUT2D eigenvalue weighted by Crippen LogP contribution is -2.27. The summed E-state index contributed by atoms with van der Waals surface area (Å²) in [5, 5.41) is 9.23. The van der Waals surface area contributed by atoms with Crippen molar-refractivity contribution in [3.8, 4) is 11.5 Å². The van der Waals surface area contributed by atoms with Gasteiger partial charge in [0.15, 0.2) is 0 Å². The van der Waals surface area contributed by atoms with Gasteiger partial charge in [-0.1, -0.05) is 24.3 Å². The SMILES string of the molecule is COc1ccc(CCN(C)C(=O)C=Cc2ccc(O)cc2)cc1. The number of nitrogens with zero attached hydrogens (tertiary/aromatic N) is 1. The number of methoxy groups -OCH3 is 1. The molecule has 120 valence electrons. The van der Waals surface area contributed by atoms with Crippen LogP contribution in [0.5, 0.6) is 11.5 Å². The van der Waals surface area contributed by atoms with E-state index in [4.69, 9.17) is 4.74 Å². The van der Waals surface area contributed by atoms with Crippen LogP contribution in [0.1, 0.15) is 11.1 Å². The molecule has 0 aliphatic heterocycles. The largest absolute Gasteiger partial charge is 0.508 e. The Hall–Kier alpha value is -2.75. The van der Waals surface area contributed by atoms with E-state index in [1.54, 1.807) is 55.5 Å². The topological polar surface area (TPSA) is 49.8 Å². The summed E-state index contributed by atoms with van der Waals surface area (Å²) in [4.78, 5) is 13.8. The summed E-state index contributed by atoms with van der Waals surface area (Å²) in [6.07, 6.45) is 4.07. The van der Waals surface area contributed by atoms with Gasteiger partial charge in [-0.05, 0) is 47.9 Å². The van der Waals surface area contributed by atoms with Crippen LogP contribution in [-0.4, -0.2) is 36.6 Å². The Labute approximate surface area is 136 Å². The zero-order valence-corrected chi connectivity index (χ0v) is 13.4. The van der Waals surface area contributed by atoms with Gasteiger partial charge < -0.3 is 14.7 Å². The second kappa shape index (κ2) is 8.03. The fourth-order valence-corrected chi connectivity index (χ4v) is 2.08. The normalized spacial score (nSPS) is 10.7. The van der Waals surface area contributed by atoms with Crippen LogP contribution in [0.2, 0.25) is 0 Å². The molecule has 0 aliphatic carbocycles. The number of ether oxygens (including phenoxy) is 1. The second-order valence-electron chi connectivity index (χ2n) is 5.28. The van der Waals surface area contributed by atoms with E-state index in [9.17, 15) is 9.90 Å². The molecule has 1 N–H and O–H groups in total. The lowest BCUT2D eigenvalue weighted by Gasteiger charge is -2.15. The third-order valence-electron chi connectivity index (χ3n) is 3.58. The van der Waals surface area contributed by atoms with Gasteiger partial charge >= 0.3 is 0 Å². The predicted octanol–water partition coefficient (Wildman–Crippen LogP) is 3.12. The molecule has 23 heavy (non-hydrogen) atoms. The number of benzene rings is 2. The molecule has 0 spiro atoms. The van der Waals surface area contributed by atoms with E-state index in [-0.39, 0.29) is 11.7 Å². The Morgan fingerprint density at radius 3 is 2.39 bits per heavy atom. The van der Waals surface area contributed by atoms with Crippen molar-refractivity contribution >= 4 is 12.0 Å². The minimum absolute atomic E-state index is 0.0495. The summed E-state index contributed by atoms with van der Waals surface area (Å²) in [7, 11) is 3.43. The summed E-state index contributed by atoms with van der Waals surface area (Å²) < 4.78 is 5.13. The van der Waals surface area contributed by atoms with Crippen LogP contribution < -0.4 is 4.74 Å². The Balaban J connectivity index is 1.85. The molecule has 2 aromatic carbocycles. The van der Waals surface area contributed by atoms with Crippen molar-refractivity contribution in [2.24, 2.45) is 0 Å². The third-order valence-corrected chi connectivity index (χ3v) is 3.58. The van der Waals surface area contributed by atoms with Crippen LogP contribution in [-0.2, 0) is 11.2 Å². The molecular weight excluding hydrogens is 290 g/mol. The number of phenols is 1. The van der Waals surface area contributed by atoms with E-state index in [2.05, 4.69) is 0 Å². The van der Waals surface area contributed by atoms with Gasteiger partial charge in [-0.25, -0.2) is 0 Å². The molecule has 0 fully saturated rings. The van der Waals surface area contributed by atoms with Crippen molar-refractivity contribution in [2.75, 3.05) is 20.7 Å². The van der Waals surface area contributed by atoms with Gasteiger partial charge in [0.25, 0.3) is 0 Å². The summed E-state index contributed by atoms with van der Waals surface area (Å²) in [5.41, 5.74) is 2.03. The Bertz CT molecular complexity index is 660. The molecule has 0 bridgehead atoms. The number of likely N-dealkylation sites (N-methyl/N-ethyl adjacent to an activating group) is 1. The first-order chi connectivity index (χ1) is 11.1. The van der Waals surface area contributed by atoms with Crippen molar-refractivity contribution in [3.05, 3.63) is 65.7 Å². The summed E-state index contributed by atoms with van der Waals surface area (Å²) in [6.45, 7) is 0.644. The minimum atomic E-state index is -0.0495. The van der Waals surface area contributed by atoms with E-state index in [1.807, 2.05) is 24.3 Å². The quantitative estimate of drug-likeness (QED) is 0.834. The number of carbonyl (C=O) groups excluding carboxylic acids is 1. The predicted molar refractivity (Wildman–Crippen MR) is 91.5 cm³/mol. The van der Waals surface area contributed by atoms with Gasteiger partial charge in [0.2, 0.25) is 5.91 Å². The van der Waals surface area contributed by atoms with Crippen molar-refractivity contribution in [1.82, 2.24) is 4.90 Å². The molecule has 4 nitrogen and oxygen atoms in total. The minimum Gasteiger partial charge on any atom is -0.508 e. The highest BCUT2D eigenvalue weighted by Crippen LogP contribution is 2.12. The standard InChI is InChI=1S/C19H21NO3/c1-20(14-13-16-5-10-18(23-2)11-6-16)19(22)12-7-15-3-8-17(21)9-4-15/h3-12,21H,13-14H2,1-2H3. The highest BCUT2D eigenvalue weighted by molar-refractivity contribution is 5.91. The fourth-order valence-electron chi connectivity index (χ4n) is 2.08.